The van der Waals surface area contributed by atoms with E-state index in [9.17, 15) is 14.7 Å². The Bertz CT molecular complexity index is 611. The van der Waals surface area contributed by atoms with E-state index in [0.29, 0.717) is 0 Å². The van der Waals surface area contributed by atoms with Crippen LogP contribution in [-0.2, 0) is 17.6 Å². The number of unbranched alkanes of at least 4 members (excludes halogenated alkanes) is 1. The number of carbonyl (C=O) groups is 2. The Hall–Kier alpha value is -1.84. The maximum absolute atomic E-state index is 12.8. The van der Waals surface area contributed by atoms with Crippen LogP contribution in [0.2, 0.25) is 0 Å². The van der Waals surface area contributed by atoms with Gasteiger partial charge in [-0.15, -0.1) is 0 Å². The molecular weight excluding hydrogens is 316 g/mol. The molecule has 0 saturated heterocycles. The molecule has 0 heterocycles. The summed E-state index contributed by atoms with van der Waals surface area (Å²) >= 11 is 0. The predicted octanol–water partition coefficient (Wildman–Crippen LogP) is 5.27. The molecule has 0 saturated carbocycles. The van der Waals surface area contributed by atoms with Crippen LogP contribution in [0.4, 0.5) is 0 Å². The molecule has 0 fully saturated rings. The SMILES string of the molecule is CCCCC(OC(=O)c1cc(CC)c(CC)cc1C(=O)O)C(C)(C)C. The molecular formula is C21H32O4. The Labute approximate surface area is 151 Å². The van der Waals surface area contributed by atoms with Crippen molar-refractivity contribution < 1.29 is 19.4 Å². The molecule has 1 atom stereocenters. The van der Waals surface area contributed by atoms with E-state index in [2.05, 4.69) is 6.92 Å². The first-order valence-electron chi connectivity index (χ1n) is 9.25. The lowest BCUT2D eigenvalue weighted by Gasteiger charge is -2.30. The van der Waals surface area contributed by atoms with Crippen molar-refractivity contribution in [3.8, 4) is 0 Å². The zero-order valence-corrected chi connectivity index (χ0v) is 16.4. The van der Waals surface area contributed by atoms with Crippen molar-refractivity contribution in [2.45, 2.75) is 79.8 Å². The van der Waals surface area contributed by atoms with Gasteiger partial charge in [-0.2, -0.15) is 0 Å². The van der Waals surface area contributed by atoms with Crippen LogP contribution in [-0.4, -0.2) is 23.1 Å². The molecule has 4 heteroatoms. The van der Waals surface area contributed by atoms with Gasteiger partial charge < -0.3 is 9.84 Å². The van der Waals surface area contributed by atoms with Gasteiger partial charge in [0.1, 0.15) is 6.10 Å². The first-order chi connectivity index (χ1) is 11.6. The fraction of sp³-hybridized carbons (Fsp3) is 0.619. The molecule has 0 aliphatic rings. The van der Waals surface area contributed by atoms with Gasteiger partial charge in [0.05, 0.1) is 11.1 Å². The highest BCUT2D eigenvalue weighted by Crippen LogP contribution is 2.28. The summed E-state index contributed by atoms with van der Waals surface area (Å²) in [4.78, 5) is 24.4. The average Bonchev–Trinajstić information content (AvgIpc) is 2.55. The average molecular weight is 348 g/mol. The third kappa shape index (κ3) is 5.58. The Kier molecular flexibility index (Phi) is 7.65. The van der Waals surface area contributed by atoms with E-state index < -0.39 is 11.9 Å². The number of aromatic carboxylic acids is 1. The van der Waals surface area contributed by atoms with Gasteiger partial charge in [0.2, 0.25) is 0 Å². The summed E-state index contributed by atoms with van der Waals surface area (Å²) in [5.41, 5.74) is 1.97. The van der Waals surface area contributed by atoms with Gasteiger partial charge in [0.15, 0.2) is 0 Å². The summed E-state index contributed by atoms with van der Waals surface area (Å²) in [6.07, 6.45) is 4.02. The number of esters is 1. The molecule has 0 radical (unpaired) electrons. The second kappa shape index (κ2) is 9.02. The van der Waals surface area contributed by atoms with E-state index in [-0.39, 0.29) is 22.6 Å². The molecule has 1 rings (SSSR count). The zero-order valence-electron chi connectivity index (χ0n) is 16.4. The molecule has 0 aliphatic carbocycles. The maximum atomic E-state index is 12.8. The molecule has 140 valence electrons. The number of hydrogen-bond acceptors (Lipinski definition) is 3. The summed E-state index contributed by atoms with van der Waals surface area (Å²) in [6, 6.07) is 3.32. The van der Waals surface area contributed by atoms with Crippen molar-refractivity contribution in [2.24, 2.45) is 5.41 Å². The van der Waals surface area contributed by atoms with Gasteiger partial charge in [-0.25, -0.2) is 9.59 Å². The second-order valence-electron chi connectivity index (χ2n) is 7.58. The van der Waals surface area contributed by atoms with Crippen molar-refractivity contribution in [3.63, 3.8) is 0 Å². The first-order valence-corrected chi connectivity index (χ1v) is 9.25. The summed E-state index contributed by atoms with van der Waals surface area (Å²) < 4.78 is 5.76. The molecule has 1 unspecified atom stereocenters. The Morgan fingerprint density at radius 3 is 1.96 bits per heavy atom. The first kappa shape index (κ1) is 21.2. The summed E-state index contributed by atoms with van der Waals surface area (Å²) in [5, 5.41) is 9.53. The fourth-order valence-electron chi connectivity index (χ4n) is 2.94. The van der Waals surface area contributed by atoms with Crippen molar-refractivity contribution in [3.05, 3.63) is 34.4 Å². The Balaban J connectivity index is 3.24. The highest BCUT2D eigenvalue weighted by Gasteiger charge is 2.30. The molecule has 0 aliphatic heterocycles. The summed E-state index contributed by atoms with van der Waals surface area (Å²) in [7, 11) is 0. The van der Waals surface area contributed by atoms with Crippen LogP contribution in [0.5, 0.6) is 0 Å². The van der Waals surface area contributed by atoms with Gasteiger partial charge in [-0.3, -0.25) is 0 Å². The lowest BCUT2D eigenvalue weighted by Crippen LogP contribution is -2.32. The highest BCUT2D eigenvalue weighted by molar-refractivity contribution is 6.02. The van der Waals surface area contributed by atoms with E-state index >= 15 is 0 Å². The van der Waals surface area contributed by atoms with Gasteiger partial charge in [0.25, 0.3) is 0 Å². The van der Waals surface area contributed by atoms with Crippen LogP contribution in [0.1, 0.15) is 92.6 Å². The third-order valence-corrected chi connectivity index (χ3v) is 4.59. The van der Waals surface area contributed by atoms with Crippen LogP contribution >= 0.6 is 0 Å². The number of carboxylic acid groups (broad SMARTS) is 1. The largest absolute Gasteiger partial charge is 0.478 e. The monoisotopic (exact) mass is 348 g/mol. The Morgan fingerprint density at radius 1 is 1.04 bits per heavy atom. The summed E-state index contributed by atoms with van der Waals surface area (Å²) in [6.45, 7) is 12.2. The third-order valence-electron chi connectivity index (χ3n) is 4.59. The zero-order chi connectivity index (χ0) is 19.2. The van der Waals surface area contributed by atoms with E-state index in [1.165, 1.54) is 0 Å². The number of aryl methyl sites for hydroxylation is 2. The van der Waals surface area contributed by atoms with Crippen molar-refractivity contribution in [1.82, 2.24) is 0 Å². The van der Waals surface area contributed by atoms with E-state index in [0.717, 1.165) is 43.2 Å². The maximum Gasteiger partial charge on any atom is 0.339 e. The second-order valence-corrected chi connectivity index (χ2v) is 7.58. The number of benzene rings is 1. The minimum absolute atomic E-state index is 0.0298. The van der Waals surface area contributed by atoms with E-state index in [1.54, 1.807) is 12.1 Å². The number of carboxylic acids is 1. The van der Waals surface area contributed by atoms with Gasteiger partial charge in [-0.05, 0) is 47.9 Å². The van der Waals surface area contributed by atoms with Gasteiger partial charge in [0, 0.05) is 0 Å². The summed E-state index contributed by atoms with van der Waals surface area (Å²) in [5.74, 6) is -1.63. The quantitative estimate of drug-likeness (QED) is 0.650. The lowest BCUT2D eigenvalue weighted by atomic mass is 9.86. The fourth-order valence-corrected chi connectivity index (χ4v) is 2.94. The van der Waals surface area contributed by atoms with Crippen LogP contribution < -0.4 is 0 Å². The molecule has 0 bridgehead atoms. The van der Waals surface area contributed by atoms with Crippen molar-refractivity contribution >= 4 is 11.9 Å². The minimum Gasteiger partial charge on any atom is -0.478 e. The molecule has 0 aromatic heterocycles. The van der Waals surface area contributed by atoms with Crippen molar-refractivity contribution in [2.75, 3.05) is 0 Å². The number of ether oxygens (including phenoxy) is 1. The molecule has 25 heavy (non-hydrogen) atoms. The molecule has 0 amide bonds. The van der Waals surface area contributed by atoms with Crippen LogP contribution in [0.3, 0.4) is 0 Å². The molecule has 4 nitrogen and oxygen atoms in total. The smallest absolute Gasteiger partial charge is 0.339 e. The molecule has 1 aromatic carbocycles. The molecule has 1 N–H and O–H groups in total. The van der Waals surface area contributed by atoms with Crippen molar-refractivity contribution in [1.29, 1.82) is 0 Å². The highest BCUT2D eigenvalue weighted by atomic mass is 16.5. The predicted molar refractivity (Wildman–Crippen MR) is 100 cm³/mol. The molecule has 1 aromatic rings. The van der Waals surface area contributed by atoms with Gasteiger partial charge >= 0.3 is 11.9 Å². The Morgan fingerprint density at radius 2 is 1.56 bits per heavy atom. The van der Waals surface area contributed by atoms with Gasteiger partial charge in [-0.1, -0.05) is 54.4 Å². The van der Waals surface area contributed by atoms with E-state index in [4.69, 9.17) is 4.74 Å². The minimum atomic E-state index is -1.09. The van der Waals surface area contributed by atoms with Crippen LogP contribution in [0.25, 0.3) is 0 Å². The topological polar surface area (TPSA) is 63.6 Å². The number of carbonyl (C=O) groups excluding carboxylic acids is 1. The lowest BCUT2D eigenvalue weighted by molar-refractivity contribution is -0.00697. The standard InChI is InChI=1S/C21H32O4/c1-7-10-11-18(21(4,5)6)25-20(24)17-13-15(9-3)14(8-2)12-16(17)19(22)23/h12-13,18H,7-11H2,1-6H3,(H,22,23). The number of rotatable bonds is 8. The van der Waals surface area contributed by atoms with E-state index in [1.807, 2.05) is 34.6 Å². The van der Waals surface area contributed by atoms with Crippen LogP contribution in [0.15, 0.2) is 12.1 Å². The molecule has 0 spiro atoms. The number of hydrogen-bond donors (Lipinski definition) is 1. The normalized spacial score (nSPS) is 12.7. The van der Waals surface area contributed by atoms with Crippen LogP contribution in [0, 0.1) is 5.41 Å².